The van der Waals surface area contributed by atoms with Gasteiger partial charge in [-0.25, -0.2) is 0 Å². The molecule has 1 heterocycles. The molecule has 0 atom stereocenters. The van der Waals surface area contributed by atoms with Gasteiger partial charge in [-0.05, 0) is 0 Å². The summed E-state index contributed by atoms with van der Waals surface area (Å²) in [6.07, 6.45) is 1.72. The third kappa shape index (κ3) is 2.05. The number of hydrogen-bond donors (Lipinski definition) is 0. The van der Waals surface area contributed by atoms with E-state index in [-0.39, 0.29) is 21.2 Å². The average molecular weight is 309 g/mol. The minimum atomic E-state index is 0.00655. The van der Waals surface area contributed by atoms with Crippen molar-refractivity contribution in [3.63, 3.8) is 0 Å². The van der Waals surface area contributed by atoms with Crippen LogP contribution in [0.4, 0.5) is 0 Å². The fourth-order valence-corrected chi connectivity index (χ4v) is 3.80. The first kappa shape index (κ1) is 11.0. The Balaban J connectivity index is 3.47. The molecule has 0 amide bonds. The zero-order valence-electron chi connectivity index (χ0n) is 7.99. The normalized spacial score (nSPS) is 10.5. The van der Waals surface area contributed by atoms with Gasteiger partial charge in [-0.3, -0.25) is 0 Å². The first-order chi connectivity index (χ1) is 6.11. The number of halogens is 2. The standard InChI is InChI=1S/C10H12ClIN/c1-5-8-9(11)10(12-4)6(2)7(3)13-8/h5H,1H2,2-4H3/q-1. The van der Waals surface area contributed by atoms with Crippen LogP contribution in [0.3, 0.4) is 0 Å². The quantitative estimate of drug-likeness (QED) is 0.548. The maximum absolute atomic E-state index is 6.18. The number of pyridine rings is 1. The molecule has 13 heavy (non-hydrogen) atoms. The second-order valence-corrected chi connectivity index (χ2v) is 5.26. The molecule has 0 fully saturated rings. The molecule has 0 aromatic carbocycles. The first-order valence-corrected chi connectivity index (χ1v) is 7.51. The molecule has 0 aliphatic carbocycles. The number of hydrogen-bond acceptors (Lipinski definition) is 1. The van der Waals surface area contributed by atoms with Gasteiger partial charge in [-0.2, -0.15) is 0 Å². The zero-order chi connectivity index (χ0) is 10.0. The van der Waals surface area contributed by atoms with Crippen LogP contribution in [0.5, 0.6) is 0 Å². The van der Waals surface area contributed by atoms with Crippen LogP contribution in [0.1, 0.15) is 17.0 Å². The molecule has 0 radical (unpaired) electrons. The number of nitrogens with zero attached hydrogens (tertiary/aromatic N) is 1. The summed E-state index contributed by atoms with van der Waals surface area (Å²) < 4.78 is 1.29. The van der Waals surface area contributed by atoms with Crippen LogP contribution in [-0.2, 0) is 0 Å². The molecule has 3 heteroatoms. The van der Waals surface area contributed by atoms with E-state index in [2.05, 4.69) is 23.4 Å². The van der Waals surface area contributed by atoms with Gasteiger partial charge in [0, 0.05) is 0 Å². The van der Waals surface area contributed by atoms with E-state index in [4.69, 9.17) is 11.6 Å². The minimum absolute atomic E-state index is 0.00655. The van der Waals surface area contributed by atoms with Gasteiger partial charge in [0.15, 0.2) is 0 Å². The van der Waals surface area contributed by atoms with Gasteiger partial charge in [-0.15, -0.1) is 0 Å². The van der Waals surface area contributed by atoms with Gasteiger partial charge in [0.1, 0.15) is 0 Å². The fraction of sp³-hybridized carbons (Fsp3) is 0.300. The Morgan fingerprint density at radius 3 is 2.54 bits per heavy atom. The molecule has 0 bridgehead atoms. The van der Waals surface area contributed by atoms with Crippen LogP contribution < -0.4 is 21.2 Å². The van der Waals surface area contributed by atoms with Gasteiger partial charge in [0.25, 0.3) is 0 Å². The molecule has 0 N–H and O–H groups in total. The van der Waals surface area contributed by atoms with Gasteiger partial charge in [0.2, 0.25) is 0 Å². The summed E-state index contributed by atoms with van der Waals surface area (Å²) in [5.41, 5.74) is 3.13. The molecular formula is C10H12ClIN-. The Kier molecular flexibility index (Phi) is 3.74. The van der Waals surface area contributed by atoms with E-state index >= 15 is 0 Å². The molecule has 1 aromatic rings. The van der Waals surface area contributed by atoms with E-state index in [1.54, 1.807) is 6.08 Å². The number of aromatic nitrogens is 1. The summed E-state index contributed by atoms with van der Waals surface area (Å²) in [6, 6.07) is 0. The van der Waals surface area contributed by atoms with Crippen molar-refractivity contribution in [2.24, 2.45) is 0 Å². The topological polar surface area (TPSA) is 12.9 Å². The molecule has 0 saturated carbocycles. The monoisotopic (exact) mass is 308 g/mol. The van der Waals surface area contributed by atoms with Crippen molar-refractivity contribution in [3.05, 3.63) is 32.1 Å². The van der Waals surface area contributed by atoms with Gasteiger partial charge >= 0.3 is 94.8 Å². The van der Waals surface area contributed by atoms with Gasteiger partial charge < -0.3 is 0 Å². The third-order valence-corrected chi connectivity index (χ3v) is 5.09. The van der Waals surface area contributed by atoms with Crippen molar-refractivity contribution < 1.29 is 21.2 Å². The summed E-state index contributed by atoms with van der Waals surface area (Å²) in [6.45, 7) is 7.80. The third-order valence-electron chi connectivity index (χ3n) is 1.96. The number of aryl methyl sites for hydroxylation is 1. The predicted molar refractivity (Wildman–Crippen MR) is 53.4 cm³/mol. The maximum atomic E-state index is 6.18. The Labute approximate surface area is 94.5 Å². The molecule has 0 spiro atoms. The summed E-state index contributed by atoms with van der Waals surface area (Å²) >= 11 is 6.19. The van der Waals surface area contributed by atoms with Crippen LogP contribution in [0.2, 0.25) is 5.02 Å². The van der Waals surface area contributed by atoms with Crippen LogP contribution in [-0.4, -0.2) is 9.91 Å². The first-order valence-electron chi connectivity index (χ1n) is 3.90. The van der Waals surface area contributed by atoms with E-state index in [0.717, 1.165) is 16.4 Å². The summed E-state index contributed by atoms with van der Waals surface area (Å²) in [7, 11) is 0. The zero-order valence-corrected chi connectivity index (χ0v) is 10.9. The molecule has 0 unspecified atom stereocenters. The van der Waals surface area contributed by atoms with E-state index in [0.29, 0.717) is 0 Å². The number of alkyl halides is 1. The van der Waals surface area contributed by atoms with Crippen molar-refractivity contribution in [2.45, 2.75) is 13.8 Å². The molecular weight excluding hydrogens is 296 g/mol. The molecule has 1 nitrogen and oxygen atoms in total. The van der Waals surface area contributed by atoms with E-state index in [9.17, 15) is 0 Å². The number of rotatable bonds is 2. The Hall–Kier alpha value is -0.0900. The molecule has 72 valence electrons. The van der Waals surface area contributed by atoms with Gasteiger partial charge in [0.05, 0.1) is 0 Å². The summed E-state index contributed by atoms with van der Waals surface area (Å²) in [4.78, 5) is 6.57. The second-order valence-electron chi connectivity index (χ2n) is 2.73. The molecule has 1 rings (SSSR count). The molecule has 0 aliphatic heterocycles. The van der Waals surface area contributed by atoms with E-state index in [1.807, 2.05) is 6.92 Å². The van der Waals surface area contributed by atoms with Crippen molar-refractivity contribution >= 4 is 17.7 Å². The molecule has 0 saturated heterocycles. The Bertz CT molecular complexity index is 347. The van der Waals surface area contributed by atoms with Crippen LogP contribution in [0.15, 0.2) is 6.58 Å². The SMILES string of the molecule is C=Cc1nc(C)c(C)c([I-]C)c1Cl. The summed E-state index contributed by atoms with van der Waals surface area (Å²) in [5.74, 6) is 0. The molecule has 1 aromatic heterocycles. The van der Waals surface area contributed by atoms with Gasteiger partial charge in [-0.1, -0.05) is 0 Å². The van der Waals surface area contributed by atoms with E-state index < -0.39 is 0 Å². The summed E-state index contributed by atoms with van der Waals surface area (Å²) in [5, 5.41) is 0.799. The van der Waals surface area contributed by atoms with E-state index in [1.165, 1.54) is 9.13 Å². The average Bonchev–Trinajstić information content (AvgIpc) is 2.12. The van der Waals surface area contributed by atoms with Crippen molar-refractivity contribution in [3.8, 4) is 0 Å². The Morgan fingerprint density at radius 1 is 1.46 bits per heavy atom. The second kappa shape index (κ2) is 4.42. The van der Waals surface area contributed by atoms with Crippen LogP contribution in [0, 0.1) is 17.4 Å². The van der Waals surface area contributed by atoms with Crippen molar-refractivity contribution in [2.75, 3.05) is 4.93 Å². The van der Waals surface area contributed by atoms with Crippen LogP contribution >= 0.6 is 11.6 Å². The Morgan fingerprint density at radius 2 is 2.08 bits per heavy atom. The van der Waals surface area contributed by atoms with Crippen molar-refractivity contribution in [1.29, 1.82) is 0 Å². The fourth-order valence-electron chi connectivity index (χ4n) is 1.11. The van der Waals surface area contributed by atoms with Crippen LogP contribution in [0.25, 0.3) is 6.08 Å². The molecule has 0 aliphatic rings. The van der Waals surface area contributed by atoms with Crippen molar-refractivity contribution in [1.82, 2.24) is 4.98 Å². The predicted octanol–water partition coefficient (Wildman–Crippen LogP) is -0.117.